The third-order valence-corrected chi connectivity index (χ3v) is 7.41. The zero-order valence-electron chi connectivity index (χ0n) is 16.0. The molecule has 0 spiro atoms. The molecule has 28 heavy (non-hydrogen) atoms. The van der Waals surface area contributed by atoms with Crippen LogP contribution in [0.25, 0.3) is 0 Å². The summed E-state index contributed by atoms with van der Waals surface area (Å²) in [6, 6.07) is 9.59. The van der Waals surface area contributed by atoms with Crippen molar-refractivity contribution in [2.45, 2.75) is 37.2 Å². The molecule has 0 aliphatic carbocycles. The van der Waals surface area contributed by atoms with Gasteiger partial charge in [0.15, 0.2) is 9.84 Å². The summed E-state index contributed by atoms with van der Waals surface area (Å²) in [6.07, 6.45) is 2.02. The second kappa shape index (κ2) is 7.16. The Hall–Kier alpha value is -2.48. The molecule has 148 valence electrons. The fourth-order valence-electron chi connectivity index (χ4n) is 3.97. The Morgan fingerprint density at radius 1 is 1.25 bits per heavy atom. The zero-order chi connectivity index (χ0) is 19.9. The molecular weight excluding hydrogens is 376 g/mol. The number of amides is 1. The number of carbonyl (C=O) groups excluding carboxylic acids is 1. The quantitative estimate of drug-likeness (QED) is 0.848. The molecular formula is C20H24N4O3S. The molecule has 1 N–H and O–H groups in total. The first-order valence-electron chi connectivity index (χ1n) is 9.50. The van der Waals surface area contributed by atoms with Gasteiger partial charge in [-0.3, -0.25) is 4.79 Å². The lowest BCUT2D eigenvalue weighted by Gasteiger charge is -2.26. The van der Waals surface area contributed by atoms with Gasteiger partial charge in [0.2, 0.25) is 11.9 Å². The van der Waals surface area contributed by atoms with E-state index < -0.39 is 15.1 Å². The van der Waals surface area contributed by atoms with Gasteiger partial charge >= 0.3 is 0 Å². The van der Waals surface area contributed by atoms with E-state index in [-0.39, 0.29) is 30.0 Å². The number of anilines is 2. The van der Waals surface area contributed by atoms with E-state index in [1.165, 1.54) is 0 Å². The first-order chi connectivity index (χ1) is 13.3. The number of aromatic nitrogens is 2. The third-order valence-electron chi connectivity index (χ3n) is 5.30. The molecule has 2 atom stereocenters. The Balaban J connectivity index is 1.64. The molecule has 2 aliphatic heterocycles. The maximum atomic E-state index is 12.8. The van der Waals surface area contributed by atoms with E-state index in [0.29, 0.717) is 24.5 Å². The van der Waals surface area contributed by atoms with Gasteiger partial charge in [0.25, 0.3) is 0 Å². The largest absolute Gasteiger partial charge is 0.341 e. The number of benzene rings is 1. The molecule has 0 bridgehead atoms. The summed E-state index contributed by atoms with van der Waals surface area (Å²) in [5.41, 5.74) is 2.24. The number of likely N-dealkylation sites (tertiary alicyclic amines) is 1. The molecule has 1 aromatic carbocycles. The maximum absolute atomic E-state index is 12.8. The summed E-state index contributed by atoms with van der Waals surface area (Å²) < 4.78 is 25.6. The van der Waals surface area contributed by atoms with Crippen molar-refractivity contribution in [3.8, 4) is 0 Å². The highest BCUT2D eigenvalue weighted by molar-refractivity contribution is 7.91. The molecule has 2 aromatic rings. The molecule has 2 aliphatic rings. The van der Waals surface area contributed by atoms with Crippen molar-refractivity contribution in [3.05, 3.63) is 47.8 Å². The van der Waals surface area contributed by atoms with Crippen LogP contribution in [0, 0.1) is 5.92 Å². The van der Waals surface area contributed by atoms with E-state index in [1.54, 1.807) is 11.1 Å². The summed E-state index contributed by atoms with van der Waals surface area (Å²) in [5.74, 6) is 0.321. The van der Waals surface area contributed by atoms with Gasteiger partial charge in [-0.25, -0.2) is 18.4 Å². The lowest BCUT2D eigenvalue weighted by molar-refractivity contribution is -0.130. The molecule has 8 heteroatoms. The Kier molecular flexibility index (Phi) is 4.82. The normalized spacial score (nSPS) is 22.6. The first kappa shape index (κ1) is 18.9. The Morgan fingerprint density at radius 2 is 2.00 bits per heavy atom. The molecule has 1 saturated heterocycles. The van der Waals surface area contributed by atoms with Crippen LogP contribution in [0.5, 0.6) is 0 Å². The molecule has 1 aromatic heterocycles. The van der Waals surface area contributed by atoms with Crippen molar-refractivity contribution in [1.29, 1.82) is 0 Å². The van der Waals surface area contributed by atoms with Crippen LogP contribution in [0.4, 0.5) is 11.6 Å². The van der Waals surface area contributed by atoms with Crippen molar-refractivity contribution in [1.82, 2.24) is 14.9 Å². The van der Waals surface area contributed by atoms with E-state index in [2.05, 4.69) is 15.3 Å². The van der Waals surface area contributed by atoms with Crippen LogP contribution in [0.2, 0.25) is 0 Å². The Bertz CT molecular complexity index is 992. The number of hydrogen-bond acceptors (Lipinski definition) is 6. The maximum Gasteiger partial charge on any atom is 0.227 e. The molecule has 1 amide bonds. The van der Waals surface area contributed by atoms with Crippen molar-refractivity contribution >= 4 is 27.4 Å². The first-order valence-corrected chi connectivity index (χ1v) is 11.2. The van der Waals surface area contributed by atoms with Crippen molar-refractivity contribution in [2.24, 2.45) is 5.92 Å². The number of hydrogen-bond donors (Lipinski definition) is 1. The van der Waals surface area contributed by atoms with Gasteiger partial charge in [0.05, 0.1) is 16.7 Å². The number of fused-ring (bicyclic) bond motifs is 3. The van der Waals surface area contributed by atoms with E-state index >= 15 is 0 Å². The molecule has 0 radical (unpaired) electrons. The summed E-state index contributed by atoms with van der Waals surface area (Å²) in [5, 5.41) is 2.58. The molecule has 4 rings (SSSR count). The van der Waals surface area contributed by atoms with Gasteiger partial charge in [0, 0.05) is 42.9 Å². The van der Waals surface area contributed by atoms with Crippen LogP contribution >= 0.6 is 0 Å². The molecule has 1 fully saturated rings. The highest BCUT2D eigenvalue weighted by Crippen LogP contribution is 2.39. The average Bonchev–Trinajstić information content (AvgIpc) is 3.10. The number of rotatable bonds is 4. The van der Waals surface area contributed by atoms with Crippen LogP contribution in [-0.2, 0) is 20.4 Å². The van der Waals surface area contributed by atoms with Gasteiger partial charge in [0.1, 0.15) is 0 Å². The molecule has 7 nitrogen and oxygen atoms in total. The molecule has 0 saturated carbocycles. The van der Waals surface area contributed by atoms with Crippen molar-refractivity contribution in [3.63, 3.8) is 0 Å². The highest BCUT2D eigenvalue weighted by atomic mass is 32.2. The predicted octanol–water partition coefficient (Wildman–Crippen LogP) is 2.49. The third kappa shape index (κ3) is 3.61. The Labute approximate surface area is 165 Å². The van der Waals surface area contributed by atoms with E-state index in [1.807, 2.05) is 44.2 Å². The van der Waals surface area contributed by atoms with Gasteiger partial charge in [-0.05, 0) is 18.1 Å². The van der Waals surface area contributed by atoms with Gasteiger partial charge in [-0.15, -0.1) is 0 Å². The number of nitrogens with one attached hydrogen (secondary N) is 1. The predicted molar refractivity (Wildman–Crippen MR) is 107 cm³/mol. The summed E-state index contributed by atoms with van der Waals surface area (Å²) in [7, 11) is -3.33. The minimum atomic E-state index is -3.33. The minimum Gasteiger partial charge on any atom is -0.341 e. The fraction of sp³-hybridized carbons (Fsp3) is 0.450. The van der Waals surface area contributed by atoms with Crippen LogP contribution in [0.15, 0.2) is 36.5 Å². The highest BCUT2D eigenvalue weighted by Gasteiger charge is 2.48. The van der Waals surface area contributed by atoms with E-state index in [4.69, 9.17) is 0 Å². The summed E-state index contributed by atoms with van der Waals surface area (Å²) in [6.45, 7) is 4.62. The van der Waals surface area contributed by atoms with Gasteiger partial charge in [-0.1, -0.05) is 32.0 Å². The van der Waals surface area contributed by atoms with Gasteiger partial charge in [-0.2, -0.15) is 0 Å². The van der Waals surface area contributed by atoms with Crippen molar-refractivity contribution < 1.29 is 13.2 Å². The van der Waals surface area contributed by atoms with Crippen molar-refractivity contribution in [2.75, 3.05) is 18.4 Å². The topological polar surface area (TPSA) is 92.3 Å². The summed E-state index contributed by atoms with van der Waals surface area (Å²) >= 11 is 0. The second-order valence-corrected chi connectivity index (χ2v) is 10.2. The number of carbonyl (C=O) groups is 1. The van der Waals surface area contributed by atoms with E-state index in [9.17, 15) is 13.2 Å². The van der Waals surface area contributed by atoms with Crippen LogP contribution < -0.4 is 5.32 Å². The smallest absolute Gasteiger partial charge is 0.227 e. The second-order valence-electron chi connectivity index (χ2n) is 7.94. The minimum absolute atomic E-state index is 0.0119. The van der Waals surface area contributed by atoms with Crippen LogP contribution in [0.1, 0.15) is 37.4 Å². The van der Waals surface area contributed by atoms with Gasteiger partial charge < -0.3 is 10.2 Å². The number of sulfone groups is 1. The number of nitrogens with zero attached hydrogens (tertiary/aromatic N) is 3. The van der Waals surface area contributed by atoms with Crippen LogP contribution in [0.3, 0.4) is 0 Å². The molecule has 3 heterocycles. The zero-order valence-corrected chi connectivity index (χ0v) is 16.8. The lowest BCUT2D eigenvalue weighted by atomic mass is 10.00. The SMILES string of the molecule is CC(C)CC(=O)N1C[C@@H]2c3nc(Nc4ccccc4)ncc3CS(=O)(=O)[C@@H]2C1. The van der Waals surface area contributed by atoms with Crippen LogP contribution in [-0.4, -0.2) is 47.5 Å². The molecule has 0 unspecified atom stereocenters. The average molecular weight is 401 g/mol. The fourth-order valence-corrected chi connectivity index (χ4v) is 5.96. The number of para-hydroxylation sites is 1. The standard InChI is InChI=1S/C20H24N4O3S/c1-13(2)8-18(25)24-10-16-17(11-24)28(26,27)12-14-9-21-20(23-19(14)16)22-15-6-4-3-5-7-15/h3-7,9,13,16-17H,8,10-12H2,1-2H3,(H,21,22,23)/t16-,17+/m0/s1. The Morgan fingerprint density at radius 3 is 2.71 bits per heavy atom. The summed E-state index contributed by atoms with van der Waals surface area (Å²) in [4.78, 5) is 23.1. The monoisotopic (exact) mass is 400 g/mol. The van der Waals surface area contributed by atoms with E-state index in [0.717, 1.165) is 11.4 Å². The lowest BCUT2D eigenvalue weighted by Crippen LogP contribution is -2.35.